The number of aromatic nitrogens is 1. The average molecular weight is 324 g/mol. The topological polar surface area (TPSA) is 51.4 Å². The van der Waals surface area contributed by atoms with Gasteiger partial charge in [0.15, 0.2) is 10.6 Å². The van der Waals surface area contributed by atoms with Gasteiger partial charge in [0.2, 0.25) is 5.91 Å². The molecule has 0 atom stereocenters. The molecule has 0 aliphatic heterocycles. The van der Waals surface area contributed by atoms with Crippen molar-refractivity contribution in [3.05, 3.63) is 64.5 Å². The molecular formula is C18H16N2O2S. The third-order valence-electron chi connectivity index (χ3n) is 3.52. The number of benzene rings is 2. The molecule has 116 valence electrons. The van der Waals surface area contributed by atoms with Crippen molar-refractivity contribution >= 4 is 33.2 Å². The molecule has 0 bridgehead atoms. The Bertz CT molecular complexity index is 952. The fraction of sp³-hybridized carbons (Fsp3) is 0.167. The fourth-order valence-corrected chi connectivity index (χ4v) is 3.55. The van der Waals surface area contributed by atoms with Crippen LogP contribution in [0.15, 0.2) is 53.5 Å². The monoisotopic (exact) mass is 324 g/mol. The minimum Gasteiger partial charge on any atom is -0.292 e. The van der Waals surface area contributed by atoms with Crippen LogP contribution in [0.5, 0.6) is 0 Å². The smallest absolute Gasteiger partial charge is 0.230 e. The van der Waals surface area contributed by atoms with E-state index in [0.717, 1.165) is 15.8 Å². The van der Waals surface area contributed by atoms with Crippen LogP contribution in [0.1, 0.15) is 27.6 Å². The fourth-order valence-electron chi connectivity index (χ4n) is 2.40. The van der Waals surface area contributed by atoms with Gasteiger partial charge in [-0.2, -0.15) is 0 Å². The molecular weight excluding hydrogens is 308 g/mol. The Labute approximate surface area is 137 Å². The number of carbonyl (C=O) groups is 2. The molecule has 0 aliphatic rings. The van der Waals surface area contributed by atoms with Crippen LogP contribution in [0.2, 0.25) is 0 Å². The Morgan fingerprint density at radius 1 is 1.13 bits per heavy atom. The van der Waals surface area contributed by atoms with E-state index in [9.17, 15) is 9.59 Å². The number of Topliss-reactive ketones (excluding diaryl/α,β-unsaturated/α-hetero) is 1. The van der Waals surface area contributed by atoms with Crippen LogP contribution in [0.4, 0.5) is 0 Å². The zero-order valence-corrected chi connectivity index (χ0v) is 13.8. The number of thiazole rings is 1. The Morgan fingerprint density at radius 3 is 2.57 bits per heavy atom. The molecule has 23 heavy (non-hydrogen) atoms. The number of carbonyl (C=O) groups excluding carboxylic acids is 2. The van der Waals surface area contributed by atoms with E-state index in [4.69, 9.17) is 0 Å². The highest BCUT2D eigenvalue weighted by atomic mass is 32.1. The standard InChI is InChI=1S/C18H16N2O2S/c1-12-8-9-15-17(10-12)23-18(20(15)13(2)21)19-11-16(22)14-6-4-3-5-7-14/h3-10H,11H2,1-2H3. The highest BCUT2D eigenvalue weighted by Crippen LogP contribution is 2.18. The third kappa shape index (κ3) is 3.14. The van der Waals surface area contributed by atoms with Gasteiger partial charge in [0.1, 0.15) is 6.54 Å². The molecule has 0 saturated heterocycles. The largest absolute Gasteiger partial charge is 0.292 e. The van der Waals surface area contributed by atoms with Crippen LogP contribution in [0.25, 0.3) is 10.2 Å². The molecule has 0 aliphatic carbocycles. The van der Waals surface area contributed by atoms with Crippen molar-refractivity contribution in [2.75, 3.05) is 6.54 Å². The van der Waals surface area contributed by atoms with E-state index < -0.39 is 0 Å². The first-order chi connectivity index (χ1) is 11.1. The summed E-state index contributed by atoms with van der Waals surface area (Å²) in [6.45, 7) is 3.54. The number of hydrogen-bond acceptors (Lipinski definition) is 4. The van der Waals surface area contributed by atoms with Crippen LogP contribution >= 0.6 is 11.3 Å². The van der Waals surface area contributed by atoms with Gasteiger partial charge in [-0.3, -0.25) is 19.1 Å². The predicted octanol–water partition coefficient (Wildman–Crippen LogP) is 3.45. The number of rotatable bonds is 3. The second kappa shape index (κ2) is 6.30. The number of aryl methyl sites for hydroxylation is 1. The summed E-state index contributed by atoms with van der Waals surface area (Å²) < 4.78 is 2.56. The van der Waals surface area contributed by atoms with E-state index in [1.165, 1.54) is 18.3 Å². The lowest BCUT2D eigenvalue weighted by atomic mass is 10.1. The normalized spacial score (nSPS) is 11.8. The Morgan fingerprint density at radius 2 is 1.87 bits per heavy atom. The van der Waals surface area contributed by atoms with Gasteiger partial charge in [0.25, 0.3) is 0 Å². The molecule has 0 amide bonds. The lowest BCUT2D eigenvalue weighted by molar-refractivity contribution is 0.0935. The van der Waals surface area contributed by atoms with Gasteiger partial charge >= 0.3 is 0 Å². The van der Waals surface area contributed by atoms with Crippen LogP contribution in [-0.2, 0) is 0 Å². The summed E-state index contributed by atoms with van der Waals surface area (Å²) in [5, 5.41) is 0. The first-order valence-electron chi connectivity index (χ1n) is 7.28. The summed E-state index contributed by atoms with van der Waals surface area (Å²) in [7, 11) is 0. The molecule has 1 aromatic heterocycles. The molecule has 0 saturated carbocycles. The summed E-state index contributed by atoms with van der Waals surface area (Å²) in [6.07, 6.45) is 0. The van der Waals surface area contributed by atoms with Crippen LogP contribution in [0, 0.1) is 6.92 Å². The molecule has 0 spiro atoms. The summed E-state index contributed by atoms with van der Waals surface area (Å²) >= 11 is 1.43. The molecule has 4 nitrogen and oxygen atoms in total. The van der Waals surface area contributed by atoms with Gasteiger partial charge in [-0.25, -0.2) is 0 Å². The van der Waals surface area contributed by atoms with Gasteiger partial charge in [-0.15, -0.1) is 0 Å². The van der Waals surface area contributed by atoms with E-state index in [0.29, 0.717) is 10.4 Å². The molecule has 2 aromatic carbocycles. The summed E-state index contributed by atoms with van der Waals surface area (Å²) in [4.78, 5) is 29.1. The van der Waals surface area contributed by atoms with E-state index in [1.54, 1.807) is 16.7 Å². The zero-order chi connectivity index (χ0) is 16.4. The van der Waals surface area contributed by atoms with E-state index in [-0.39, 0.29) is 18.2 Å². The number of hydrogen-bond donors (Lipinski definition) is 0. The SMILES string of the molecule is CC(=O)n1c(=NCC(=O)c2ccccc2)sc2cc(C)ccc21. The van der Waals surface area contributed by atoms with E-state index in [1.807, 2.05) is 43.3 Å². The number of ketones is 1. The molecule has 3 rings (SSSR count). The maximum Gasteiger partial charge on any atom is 0.230 e. The number of nitrogens with zero attached hydrogens (tertiary/aromatic N) is 2. The molecule has 0 fully saturated rings. The van der Waals surface area contributed by atoms with Crippen molar-refractivity contribution in [1.82, 2.24) is 4.57 Å². The molecule has 1 heterocycles. The Hall–Kier alpha value is -2.53. The Kier molecular flexibility index (Phi) is 4.21. The summed E-state index contributed by atoms with van der Waals surface area (Å²) in [5.74, 6) is -0.166. The predicted molar refractivity (Wildman–Crippen MR) is 92.1 cm³/mol. The van der Waals surface area contributed by atoms with Crippen LogP contribution in [-0.4, -0.2) is 22.8 Å². The summed E-state index contributed by atoms with van der Waals surface area (Å²) in [6, 6.07) is 15.0. The zero-order valence-electron chi connectivity index (χ0n) is 12.9. The Balaban J connectivity index is 2.03. The molecule has 0 radical (unpaired) electrons. The van der Waals surface area contributed by atoms with Gasteiger partial charge in [0, 0.05) is 12.5 Å². The van der Waals surface area contributed by atoms with E-state index >= 15 is 0 Å². The lowest BCUT2D eigenvalue weighted by Crippen LogP contribution is -2.21. The van der Waals surface area contributed by atoms with Crippen LogP contribution in [0.3, 0.4) is 0 Å². The highest BCUT2D eigenvalue weighted by Gasteiger charge is 2.10. The van der Waals surface area contributed by atoms with Gasteiger partial charge < -0.3 is 0 Å². The minimum absolute atomic E-state index is 0.0309. The lowest BCUT2D eigenvalue weighted by Gasteiger charge is -2.00. The van der Waals surface area contributed by atoms with Gasteiger partial charge in [0.05, 0.1) is 10.2 Å². The first-order valence-corrected chi connectivity index (χ1v) is 8.10. The van der Waals surface area contributed by atoms with Crippen molar-refractivity contribution in [2.24, 2.45) is 4.99 Å². The molecule has 3 aromatic rings. The maximum absolute atomic E-state index is 12.2. The number of fused-ring (bicyclic) bond motifs is 1. The van der Waals surface area contributed by atoms with Gasteiger partial charge in [-0.1, -0.05) is 47.7 Å². The summed E-state index contributed by atoms with van der Waals surface area (Å²) in [5.41, 5.74) is 2.59. The van der Waals surface area contributed by atoms with E-state index in [2.05, 4.69) is 4.99 Å². The second-order valence-corrected chi connectivity index (χ2v) is 6.32. The van der Waals surface area contributed by atoms with Crippen molar-refractivity contribution in [3.8, 4) is 0 Å². The molecule has 5 heteroatoms. The van der Waals surface area contributed by atoms with Crippen molar-refractivity contribution in [2.45, 2.75) is 13.8 Å². The van der Waals surface area contributed by atoms with Crippen LogP contribution < -0.4 is 4.80 Å². The second-order valence-electron chi connectivity index (χ2n) is 5.32. The third-order valence-corrected chi connectivity index (χ3v) is 4.56. The first kappa shape index (κ1) is 15.4. The van der Waals surface area contributed by atoms with Gasteiger partial charge in [-0.05, 0) is 24.6 Å². The quantitative estimate of drug-likeness (QED) is 0.693. The molecule has 0 N–H and O–H groups in total. The highest BCUT2D eigenvalue weighted by molar-refractivity contribution is 7.16. The molecule has 0 unspecified atom stereocenters. The maximum atomic E-state index is 12.2. The van der Waals surface area contributed by atoms with Crippen molar-refractivity contribution in [1.29, 1.82) is 0 Å². The van der Waals surface area contributed by atoms with Crippen molar-refractivity contribution in [3.63, 3.8) is 0 Å². The minimum atomic E-state index is -0.106. The van der Waals surface area contributed by atoms with Crippen molar-refractivity contribution < 1.29 is 9.59 Å². The average Bonchev–Trinajstić information content (AvgIpc) is 2.91.